The second-order valence-electron chi connectivity index (χ2n) is 5.12. The molecule has 2 heterocycles. The Morgan fingerprint density at radius 3 is 3.00 bits per heavy atom. The van der Waals surface area contributed by atoms with Gasteiger partial charge in [0.15, 0.2) is 0 Å². The molecule has 0 radical (unpaired) electrons. The smallest absolute Gasteiger partial charge is 0.271 e. The number of carbonyl (C=O) groups excluding carboxylic acids is 1. The Kier molecular flexibility index (Phi) is 4.82. The zero-order valence-electron chi connectivity index (χ0n) is 12.3. The van der Waals surface area contributed by atoms with Crippen LogP contribution in [0.25, 0.3) is 10.6 Å². The molecule has 1 aromatic carbocycles. The molecule has 0 unspecified atom stereocenters. The van der Waals surface area contributed by atoms with Crippen molar-refractivity contribution < 1.29 is 14.3 Å². The lowest BCUT2D eigenvalue weighted by Gasteiger charge is -2.30. The van der Waals surface area contributed by atoms with Crippen molar-refractivity contribution in [1.29, 1.82) is 0 Å². The zero-order chi connectivity index (χ0) is 15.4. The van der Waals surface area contributed by atoms with Gasteiger partial charge in [-0.1, -0.05) is 30.3 Å². The highest BCUT2D eigenvalue weighted by molar-refractivity contribution is 7.13. The highest BCUT2D eigenvalue weighted by Gasteiger charge is 2.27. The first-order valence-electron chi connectivity index (χ1n) is 7.20. The van der Waals surface area contributed by atoms with E-state index in [-0.39, 0.29) is 18.1 Å². The lowest BCUT2D eigenvalue weighted by molar-refractivity contribution is -0.0479. The average Bonchev–Trinajstić information content (AvgIpc) is 3.06. The number of nitrogens with zero attached hydrogens (tertiary/aromatic N) is 1. The van der Waals surface area contributed by atoms with Crippen LogP contribution >= 0.6 is 11.3 Å². The summed E-state index contributed by atoms with van der Waals surface area (Å²) in [6.07, 6.45) is 0.643. The molecule has 2 atom stereocenters. The summed E-state index contributed by atoms with van der Waals surface area (Å²) >= 11 is 1.47. The van der Waals surface area contributed by atoms with Crippen LogP contribution in [0.15, 0.2) is 35.7 Å². The molecule has 1 saturated heterocycles. The zero-order valence-corrected chi connectivity index (χ0v) is 13.1. The van der Waals surface area contributed by atoms with Crippen molar-refractivity contribution in [2.75, 3.05) is 20.3 Å². The fourth-order valence-corrected chi connectivity index (χ4v) is 3.25. The SMILES string of the molecule is CO[C@H]1COCC[C@@H]1NC(=O)c1csc(-c2ccccc2)n1. The first-order valence-corrected chi connectivity index (χ1v) is 8.08. The number of carbonyl (C=O) groups is 1. The number of aromatic nitrogens is 1. The Morgan fingerprint density at radius 2 is 2.23 bits per heavy atom. The van der Waals surface area contributed by atoms with Crippen LogP contribution in [0.3, 0.4) is 0 Å². The monoisotopic (exact) mass is 318 g/mol. The van der Waals surface area contributed by atoms with E-state index in [0.29, 0.717) is 18.9 Å². The van der Waals surface area contributed by atoms with Crippen LogP contribution < -0.4 is 5.32 Å². The summed E-state index contributed by atoms with van der Waals surface area (Å²) in [7, 11) is 1.63. The lowest BCUT2D eigenvalue weighted by atomic mass is 10.1. The van der Waals surface area contributed by atoms with Gasteiger partial charge in [-0.3, -0.25) is 4.79 Å². The molecule has 0 aliphatic carbocycles. The molecule has 2 aromatic rings. The van der Waals surface area contributed by atoms with E-state index in [4.69, 9.17) is 9.47 Å². The molecule has 5 nitrogen and oxygen atoms in total. The number of nitrogens with one attached hydrogen (secondary N) is 1. The van der Waals surface area contributed by atoms with E-state index >= 15 is 0 Å². The molecule has 1 aromatic heterocycles. The van der Waals surface area contributed by atoms with Crippen LogP contribution in [-0.4, -0.2) is 43.4 Å². The van der Waals surface area contributed by atoms with Crippen LogP contribution in [0.4, 0.5) is 0 Å². The second kappa shape index (κ2) is 7.00. The van der Waals surface area contributed by atoms with Gasteiger partial charge in [0.25, 0.3) is 5.91 Å². The molecule has 116 valence electrons. The highest BCUT2D eigenvalue weighted by atomic mass is 32.1. The third kappa shape index (κ3) is 3.35. The number of benzene rings is 1. The first-order chi connectivity index (χ1) is 10.8. The second-order valence-corrected chi connectivity index (χ2v) is 5.98. The molecule has 1 N–H and O–H groups in total. The van der Waals surface area contributed by atoms with E-state index in [0.717, 1.165) is 17.0 Å². The van der Waals surface area contributed by atoms with Crippen molar-refractivity contribution in [3.05, 3.63) is 41.4 Å². The molecule has 1 aliphatic rings. The average molecular weight is 318 g/mol. The molecule has 6 heteroatoms. The summed E-state index contributed by atoms with van der Waals surface area (Å²) in [5.74, 6) is -0.160. The van der Waals surface area contributed by atoms with E-state index in [1.165, 1.54) is 11.3 Å². The summed E-state index contributed by atoms with van der Waals surface area (Å²) in [6.45, 7) is 1.14. The molecule has 0 saturated carbocycles. The molecule has 1 fully saturated rings. The van der Waals surface area contributed by atoms with Gasteiger partial charge < -0.3 is 14.8 Å². The molecular weight excluding hydrogens is 300 g/mol. The maximum atomic E-state index is 12.4. The minimum absolute atomic E-state index is 0.0341. The first kappa shape index (κ1) is 15.1. The van der Waals surface area contributed by atoms with Crippen LogP contribution in [0.2, 0.25) is 0 Å². The third-order valence-electron chi connectivity index (χ3n) is 3.68. The lowest BCUT2D eigenvalue weighted by Crippen LogP contribution is -2.49. The molecule has 1 aliphatic heterocycles. The van der Waals surface area contributed by atoms with E-state index in [2.05, 4.69) is 10.3 Å². The number of thiazole rings is 1. The normalized spacial score (nSPS) is 21.5. The Morgan fingerprint density at radius 1 is 1.41 bits per heavy atom. The van der Waals surface area contributed by atoms with Crippen molar-refractivity contribution in [2.45, 2.75) is 18.6 Å². The van der Waals surface area contributed by atoms with Gasteiger partial charge in [-0.15, -0.1) is 11.3 Å². The van der Waals surface area contributed by atoms with Crippen LogP contribution in [-0.2, 0) is 9.47 Å². The summed E-state index contributed by atoms with van der Waals surface area (Å²) in [6, 6.07) is 9.82. The van der Waals surface area contributed by atoms with Gasteiger partial charge in [0, 0.05) is 24.7 Å². The minimum Gasteiger partial charge on any atom is -0.379 e. The van der Waals surface area contributed by atoms with E-state index in [1.807, 2.05) is 30.3 Å². The van der Waals surface area contributed by atoms with Gasteiger partial charge >= 0.3 is 0 Å². The summed E-state index contributed by atoms with van der Waals surface area (Å²) < 4.78 is 10.7. The standard InChI is InChI=1S/C16H18N2O3S/c1-20-14-9-21-8-7-12(14)17-15(19)13-10-22-16(18-13)11-5-3-2-4-6-11/h2-6,10,12,14H,7-9H2,1H3,(H,17,19)/t12-,14-/m0/s1. The van der Waals surface area contributed by atoms with Gasteiger partial charge in [0.05, 0.1) is 12.6 Å². The fourth-order valence-electron chi connectivity index (χ4n) is 2.44. The molecule has 0 spiro atoms. The number of hydrogen-bond acceptors (Lipinski definition) is 5. The molecule has 22 heavy (non-hydrogen) atoms. The van der Waals surface area contributed by atoms with Gasteiger partial charge in [-0.05, 0) is 6.42 Å². The van der Waals surface area contributed by atoms with E-state index < -0.39 is 0 Å². The number of rotatable bonds is 4. The summed E-state index contributed by atoms with van der Waals surface area (Å²) in [4.78, 5) is 16.8. The highest BCUT2D eigenvalue weighted by Crippen LogP contribution is 2.23. The third-order valence-corrected chi connectivity index (χ3v) is 4.57. The van der Waals surface area contributed by atoms with Crippen LogP contribution in [0, 0.1) is 0 Å². The van der Waals surface area contributed by atoms with Crippen LogP contribution in [0.5, 0.6) is 0 Å². The number of ether oxygens (including phenoxy) is 2. The van der Waals surface area contributed by atoms with Gasteiger partial charge in [0.2, 0.25) is 0 Å². The summed E-state index contributed by atoms with van der Waals surface area (Å²) in [5.41, 5.74) is 1.47. The van der Waals surface area contributed by atoms with E-state index in [9.17, 15) is 4.79 Å². The Labute approximate surface area is 133 Å². The molecule has 3 rings (SSSR count). The van der Waals surface area contributed by atoms with Gasteiger partial charge in [-0.2, -0.15) is 0 Å². The van der Waals surface area contributed by atoms with E-state index in [1.54, 1.807) is 12.5 Å². The Bertz CT molecular complexity index is 629. The predicted molar refractivity (Wildman–Crippen MR) is 85.0 cm³/mol. The molecule has 1 amide bonds. The largest absolute Gasteiger partial charge is 0.379 e. The van der Waals surface area contributed by atoms with Crippen molar-refractivity contribution in [3.63, 3.8) is 0 Å². The fraction of sp³-hybridized carbons (Fsp3) is 0.375. The number of amides is 1. The predicted octanol–water partition coefficient (Wildman–Crippen LogP) is 2.34. The van der Waals surface area contributed by atoms with Gasteiger partial charge in [-0.25, -0.2) is 4.98 Å². The molecule has 0 bridgehead atoms. The summed E-state index contributed by atoms with van der Waals surface area (Å²) in [5, 5.41) is 5.64. The van der Waals surface area contributed by atoms with Crippen molar-refractivity contribution in [3.8, 4) is 10.6 Å². The van der Waals surface area contributed by atoms with Gasteiger partial charge in [0.1, 0.15) is 16.8 Å². The van der Waals surface area contributed by atoms with Crippen molar-refractivity contribution >= 4 is 17.2 Å². The number of methoxy groups -OCH3 is 1. The maximum absolute atomic E-state index is 12.4. The Hall–Kier alpha value is -1.76. The minimum atomic E-state index is -0.160. The quantitative estimate of drug-likeness (QED) is 0.940. The van der Waals surface area contributed by atoms with Crippen molar-refractivity contribution in [1.82, 2.24) is 10.3 Å². The molecular formula is C16H18N2O3S. The van der Waals surface area contributed by atoms with Crippen LogP contribution in [0.1, 0.15) is 16.9 Å². The maximum Gasteiger partial charge on any atom is 0.271 e. The van der Waals surface area contributed by atoms with Crippen molar-refractivity contribution in [2.24, 2.45) is 0 Å². The topological polar surface area (TPSA) is 60.5 Å². The Balaban J connectivity index is 1.69. The number of hydrogen-bond donors (Lipinski definition) is 1.